The van der Waals surface area contributed by atoms with E-state index in [1.165, 1.54) is 25.0 Å². The molecule has 1 saturated carbocycles. The molecule has 168 valence electrons. The van der Waals surface area contributed by atoms with Gasteiger partial charge in [0.25, 0.3) is 0 Å². The molecule has 4 N–H and O–H groups in total. The minimum Gasteiger partial charge on any atom is -0.381 e. The van der Waals surface area contributed by atoms with Crippen molar-refractivity contribution >= 4 is 23.4 Å². The van der Waals surface area contributed by atoms with Crippen molar-refractivity contribution in [2.45, 2.75) is 61.2 Å². The molecule has 6 nitrogen and oxygen atoms in total. The Morgan fingerprint density at radius 2 is 1.97 bits per heavy atom. The first-order chi connectivity index (χ1) is 14.7. The first-order valence-corrected chi connectivity index (χ1v) is 11.4. The Hall–Kier alpha value is -2.07. The molecule has 0 amide bonds. The maximum Gasteiger partial charge on any atom is 0.434 e. The highest BCUT2D eigenvalue weighted by Crippen LogP contribution is 2.49. The van der Waals surface area contributed by atoms with E-state index >= 15 is 0 Å². The van der Waals surface area contributed by atoms with E-state index in [1.54, 1.807) is 6.20 Å². The molecule has 31 heavy (non-hydrogen) atoms. The fourth-order valence-electron chi connectivity index (χ4n) is 4.95. The molecule has 2 aromatic rings. The van der Waals surface area contributed by atoms with Crippen LogP contribution in [0.2, 0.25) is 0 Å². The molecule has 1 spiro atoms. The lowest BCUT2D eigenvalue weighted by Gasteiger charge is -2.43. The number of hydrogen-bond donors (Lipinski definition) is 2. The van der Waals surface area contributed by atoms with Gasteiger partial charge in [-0.05, 0) is 49.1 Å². The van der Waals surface area contributed by atoms with Crippen LogP contribution in [0.3, 0.4) is 0 Å². The van der Waals surface area contributed by atoms with Gasteiger partial charge in [0, 0.05) is 30.2 Å². The number of hydrogen-bond acceptors (Lipinski definition) is 7. The van der Waals surface area contributed by atoms with Crippen LogP contribution in [-0.2, 0) is 6.18 Å². The summed E-state index contributed by atoms with van der Waals surface area (Å²) in [5, 5.41) is 0.235. The Labute approximate surface area is 184 Å². The Kier molecular flexibility index (Phi) is 6.04. The van der Waals surface area contributed by atoms with Crippen LogP contribution in [0.5, 0.6) is 0 Å². The number of pyridine rings is 1. The van der Waals surface area contributed by atoms with Gasteiger partial charge in [-0.1, -0.05) is 25.1 Å². The zero-order valence-electron chi connectivity index (χ0n) is 17.4. The van der Waals surface area contributed by atoms with Gasteiger partial charge < -0.3 is 16.4 Å². The predicted molar refractivity (Wildman–Crippen MR) is 115 cm³/mol. The summed E-state index contributed by atoms with van der Waals surface area (Å²) in [4.78, 5) is 14.3. The van der Waals surface area contributed by atoms with Gasteiger partial charge in [-0.2, -0.15) is 13.2 Å². The summed E-state index contributed by atoms with van der Waals surface area (Å²) >= 11 is 0.825. The number of nitrogen functional groups attached to an aromatic ring is 1. The van der Waals surface area contributed by atoms with E-state index in [-0.39, 0.29) is 27.2 Å². The molecule has 0 radical (unpaired) electrons. The predicted octanol–water partition coefficient (Wildman–Crippen LogP) is 4.36. The third-order valence-electron chi connectivity index (χ3n) is 6.83. The number of rotatable bonds is 4. The maximum absolute atomic E-state index is 13.2. The Balaban J connectivity index is 1.46. The van der Waals surface area contributed by atoms with Gasteiger partial charge in [-0.25, -0.2) is 9.97 Å². The molecule has 4 rings (SSSR count). The zero-order valence-corrected chi connectivity index (χ0v) is 18.2. The molecule has 1 aliphatic carbocycles. The zero-order chi connectivity index (χ0) is 22.2. The molecular formula is C21H27F3N6S. The molecule has 1 saturated heterocycles. The van der Waals surface area contributed by atoms with Crippen LogP contribution in [-0.4, -0.2) is 34.1 Å². The topological polar surface area (TPSA) is 94.0 Å². The highest BCUT2D eigenvalue weighted by Gasteiger charge is 2.47. The Bertz CT molecular complexity index is 930. The lowest BCUT2D eigenvalue weighted by molar-refractivity contribution is -0.143. The summed E-state index contributed by atoms with van der Waals surface area (Å²) in [7, 11) is 0. The van der Waals surface area contributed by atoms with Crippen molar-refractivity contribution in [3.05, 3.63) is 30.2 Å². The third kappa shape index (κ3) is 4.32. The molecule has 1 unspecified atom stereocenters. The number of piperidine rings is 1. The van der Waals surface area contributed by atoms with Crippen molar-refractivity contribution in [1.29, 1.82) is 0 Å². The Morgan fingerprint density at radius 3 is 2.58 bits per heavy atom. The molecule has 0 aromatic carbocycles. The fourth-order valence-corrected chi connectivity index (χ4v) is 5.82. The largest absolute Gasteiger partial charge is 0.434 e. The standard InChI is InChI=1S/C21H27F3N6S/c1-2-13-5-6-20(16(13)25)7-10-30(11-8-20)15-12-28-19(18(26)29-15)31-14-4-3-9-27-17(14)21(22,23)24/h3-4,9,12-13,16H,2,5-8,10-11,25H2,1H3,(H2,26,29)/t13?,16-/m1/s1. The van der Waals surface area contributed by atoms with E-state index in [0.29, 0.717) is 11.7 Å². The van der Waals surface area contributed by atoms with E-state index in [0.717, 1.165) is 50.3 Å². The second-order valence-electron chi connectivity index (χ2n) is 8.45. The van der Waals surface area contributed by atoms with Gasteiger partial charge in [-0.3, -0.25) is 4.98 Å². The maximum atomic E-state index is 13.2. The molecule has 2 fully saturated rings. The number of anilines is 2. The summed E-state index contributed by atoms with van der Waals surface area (Å²) in [6, 6.07) is 3.06. The monoisotopic (exact) mass is 452 g/mol. The van der Waals surface area contributed by atoms with E-state index in [9.17, 15) is 13.2 Å². The van der Waals surface area contributed by atoms with Crippen LogP contribution in [0.15, 0.2) is 34.4 Å². The van der Waals surface area contributed by atoms with E-state index in [1.807, 2.05) is 0 Å². The summed E-state index contributed by atoms with van der Waals surface area (Å²) in [5.41, 5.74) is 11.9. The highest BCUT2D eigenvalue weighted by atomic mass is 32.2. The first-order valence-electron chi connectivity index (χ1n) is 10.6. The first kappa shape index (κ1) is 22.1. The van der Waals surface area contributed by atoms with E-state index < -0.39 is 11.9 Å². The number of alkyl halides is 3. The van der Waals surface area contributed by atoms with Gasteiger partial charge in [0.05, 0.1) is 6.20 Å². The minimum atomic E-state index is -4.55. The molecular weight excluding hydrogens is 425 g/mol. The third-order valence-corrected chi connectivity index (χ3v) is 7.89. The number of aromatic nitrogens is 3. The van der Waals surface area contributed by atoms with Gasteiger partial charge in [-0.15, -0.1) is 0 Å². The number of nitrogens with zero attached hydrogens (tertiary/aromatic N) is 4. The lowest BCUT2D eigenvalue weighted by Crippen LogP contribution is -2.49. The quantitative estimate of drug-likeness (QED) is 0.712. The van der Waals surface area contributed by atoms with Crippen molar-refractivity contribution in [2.24, 2.45) is 17.1 Å². The summed E-state index contributed by atoms with van der Waals surface area (Å²) in [6.07, 6.45) is 3.67. The van der Waals surface area contributed by atoms with E-state index in [2.05, 4.69) is 26.8 Å². The van der Waals surface area contributed by atoms with Crippen molar-refractivity contribution in [3.8, 4) is 0 Å². The Morgan fingerprint density at radius 1 is 1.23 bits per heavy atom. The van der Waals surface area contributed by atoms with Crippen LogP contribution in [0.25, 0.3) is 0 Å². The summed E-state index contributed by atoms with van der Waals surface area (Å²) in [5.74, 6) is 1.37. The van der Waals surface area contributed by atoms with Crippen LogP contribution < -0.4 is 16.4 Å². The van der Waals surface area contributed by atoms with Crippen molar-refractivity contribution in [2.75, 3.05) is 23.7 Å². The molecule has 2 aliphatic rings. The minimum absolute atomic E-state index is 0.0515. The smallest absolute Gasteiger partial charge is 0.381 e. The highest BCUT2D eigenvalue weighted by molar-refractivity contribution is 7.99. The van der Waals surface area contributed by atoms with Crippen LogP contribution in [0.4, 0.5) is 24.8 Å². The number of nitrogens with two attached hydrogens (primary N) is 2. The van der Waals surface area contributed by atoms with Gasteiger partial charge in [0.2, 0.25) is 0 Å². The second-order valence-corrected chi connectivity index (χ2v) is 9.48. The van der Waals surface area contributed by atoms with Crippen molar-refractivity contribution in [1.82, 2.24) is 15.0 Å². The molecule has 0 bridgehead atoms. The summed E-state index contributed by atoms with van der Waals surface area (Å²) < 4.78 is 39.6. The fraction of sp³-hybridized carbons (Fsp3) is 0.571. The van der Waals surface area contributed by atoms with E-state index in [4.69, 9.17) is 11.5 Å². The molecule has 1 aliphatic heterocycles. The SMILES string of the molecule is CCC1CCC2(CCN(c3cnc(Sc4cccnc4C(F)(F)F)c(N)n3)CC2)[C@@H]1N. The second kappa shape index (κ2) is 8.46. The summed E-state index contributed by atoms with van der Waals surface area (Å²) in [6.45, 7) is 3.86. The van der Waals surface area contributed by atoms with Gasteiger partial charge in [0.15, 0.2) is 11.5 Å². The lowest BCUT2D eigenvalue weighted by atomic mass is 9.73. The van der Waals surface area contributed by atoms with Gasteiger partial charge >= 0.3 is 6.18 Å². The normalized spacial score (nSPS) is 23.5. The number of halogens is 3. The van der Waals surface area contributed by atoms with Crippen LogP contribution >= 0.6 is 11.8 Å². The average molecular weight is 453 g/mol. The average Bonchev–Trinajstić information content (AvgIpc) is 3.05. The van der Waals surface area contributed by atoms with Crippen molar-refractivity contribution < 1.29 is 13.2 Å². The van der Waals surface area contributed by atoms with Crippen LogP contribution in [0, 0.1) is 11.3 Å². The molecule has 2 atom stereocenters. The molecule has 10 heteroatoms. The van der Waals surface area contributed by atoms with Crippen molar-refractivity contribution in [3.63, 3.8) is 0 Å². The van der Waals surface area contributed by atoms with Crippen LogP contribution in [0.1, 0.15) is 44.7 Å². The van der Waals surface area contributed by atoms with Gasteiger partial charge in [0.1, 0.15) is 10.8 Å². The molecule has 2 aromatic heterocycles. The molecule has 3 heterocycles.